The summed E-state index contributed by atoms with van der Waals surface area (Å²) >= 11 is 6.12. The van der Waals surface area contributed by atoms with Gasteiger partial charge in [-0.05, 0) is 49.8 Å². The van der Waals surface area contributed by atoms with Crippen molar-refractivity contribution in [1.29, 1.82) is 0 Å². The smallest absolute Gasteiger partial charge is 0.244 e. The number of hydrogen-bond acceptors (Lipinski definition) is 3. The van der Waals surface area contributed by atoms with Gasteiger partial charge in [-0.25, -0.2) is 0 Å². The Morgan fingerprint density at radius 1 is 1.31 bits per heavy atom. The molecule has 0 fully saturated rings. The lowest BCUT2D eigenvalue weighted by atomic mass is 9.89. The highest BCUT2D eigenvalue weighted by atomic mass is 35.5. The van der Waals surface area contributed by atoms with Crippen molar-refractivity contribution in [2.45, 2.75) is 31.9 Å². The molecule has 1 unspecified atom stereocenters. The number of carbonyl (C=O) groups is 1. The van der Waals surface area contributed by atoms with Crippen molar-refractivity contribution >= 4 is 23.6 Å². The van der Waals surface area contributed by atoms with Gasteiger partial charge in [-0.2, -0.15) is 0 Å². The lowest BCUT2D eigenvalue weighted by Crippen LogP contribution is -2.40. The predicted molar refractivity (Wildman–Crippen MR) is 104 cm³/mol. The van der Waals surface area contributed by atoms with Crippen LogP contribution in [-0.4, -0.2) is 18.6 Å². The van der Waals surface area contributed by atoms with Crippen LogP contribution in [0.25, 0.3) is 6.08 Å². The second-order valence-electron chi connectivity index (χ2n) is 6.89. The molecule has 5 heteroatoms. The Balaban J connectivity index is 1.80. The van der Waals surface area contributed by atoms with Crippen molar-refractivity contribution in [1.82, 2.24) is 5.32 Å². The predicted octanol–water partition coefficient (Wildman–Crippen LogP) is 4.78. The van der Waals surface area contributed by atoms with Gasteiger partial charge in [0, 0.05) is 23.1 Å². The molecule has 0 spiro atoms. The quantitative estimate of drug-likeness (QED) is 0.787. The molecule has 1 aliphatic heterocycles. The second kappa shape index (κ2) is 7.42. The minimum atomic E-state index is -0.369. The lowest BCUT2D eigenvalue weighted by Gasteiger charge is -2.37. The van der Waals surface area contributed by atoms with Crippen molar-refractivity contribution in [3.05, 3.63) is 64.7 Å². The van der Waals surface area contributed by atoms with Crippen LogP contribution in [0.4, 0.5) is 0 Å². The summed E-state index contributed by atoms with van der Waals surface area (Å²) in [4.78, 5) is 12.5. The summed E-state index contributed by atoms with van der Waals surface area (Å²) in [6.45, 7) is 4.03. The van der Waals surface area contributed by atoms with Gasteiger partial charge in [0.05, 0.1) is 13.2 Å². The summed E-state index contributed by atoms with van der Waals surface area (Å²) in [5, 5.41) is 3.68. The molecule has 2 aromatic rings. The third-order valence-electron chi connectivity index (χ3n) is 4.31. The number of ether oxygens (including phenoxy) is 2. The number of carbonyl (C=O) groups excluding carboxylic acids is 1. The minimum Gasteiger partial charge on any atom is -0.497 e. The second-order valence-corrected chi connectivity index (χ2v) is 7.29. The summed E-state index contributed by atoms with van der Waals surface area (Å²) in [6.07, 6.45) is 3.89. The first-order chi connectivity index (χ1) is 12.4. The van der Waals surface area contributed by atoms with Crippen LogP contribution >= 0.6 is 11.6 Å². The van der Waals surface area contributed by atoms with E-state index in [-0.39, 0.29) is 17.6 Å². The van der Waals surface area contributed by atoms with E-state index in [2.05, 4.69) is 5.32 Å². The van der Waals surface area contributed by atoms with E-state index < -0.39 is 0 Å². The maximum absolute atomic E-state index is 12.5. The zero-order valence-electron chi connectivity index (χ0n) is 15.1. The topological polar surface area (TPSA) is 47.6 Å². The fourth-order valence-electron chi connectivity index (χ4n) is 3.08. The van der Waals surface area contributed by atoms with Gasteiger partial charge in [0.2, 0.25) is 5.91 Å². The number of hydrogen-bond donors (Lipinski definition) is 1. The molecule has 0 saturated heterocycles. The van der Waals surface area contributed by atoms with Gasteiger partial charge in [-0.3, -0.25) is 4.79 Å². The van der Waals surface area contributed by atoms with Gasteiger partial charge < -0.3 is 14.8 Å². The molecular formula is C21H22ClNO3. The van der Waals surface area contributed by atoms with E-state index in [9.17, 15) is 4.79 Å². The van der Waals surface area contributed by atoms with E-state index in [4.69, 9.17) is 21.1 Å². The molecule has 0 aromatic heterocycles. The van der Waals surface area contributed by atoms with Gasteiger partial charge in [-0.1, -0.05) is 29.8 Å². The molecule has 3 rings (SSSR count). The van der Waals surface area contributed by atoms with Crippen molar-refractivity contribution in [2.24, 2.45) is 0 Å². The first-order valence-electron chi connectivity index (χ1n) is 8.48. The van der Waals surface area contributed by atoms with Crippen molar-refractivity contribution < 1.29 is 14.3 Å². The van der Waals surface area contributed by atoms with Crippen molar-refractivity contribution in [2.75, 3.05) is 7.11 Å². The van der Waals surface area contributed by atoms with Crippen LogP contribution in [0.3, 0.4) is 0 Å². The van der Waals surface area contributed by atoms with E-state index in [0.717, 1.165) is 22.6 Å². The Hall–Kier alpha value is -2.46. The molecule has 4 nitrogen and oxygen atoms in total. The molecule has 26 heavy (non-hydrogen) atoms. The molecule has 1 aliphatic rings. The van der Waals surface area contributed by atoms with Gasteiger partial charge in [0.25, 0.3) is 0 Å². The summed E-state index contributed by atoms with van der Waals surface area (Å²) in [6, 6.07) is 12.9. The minimum absolute atomic E-state index is 0.160. The molecular weight excluding hydrogens is 350 g/mol. The summed E-state index contributed by atoms with van der Waals surface area (Å²) in [7, 11) is 1.62. The average molecular weight is 372 g/mol. The number of halogens is 1. The average Bonchev–Trinajstić information content (AvgIpc) is 2.60. The van der Waals surface area contributed by atoms with Crippen molar-refractivity contribution in [3.8, 4) is 11.5 Å². The highest BCUT2D eigenvalue weighted by molar-refractivity contribution is 6.32. The van der Waals surface area contributed by atoms with E-state index in [1.165, 1.54) is 6.08 Å². The van der Waals surface area contributed by atoms with Crippen LogP contribution in [0.2, 0.25) is 5.02 Å². The van der Waals surface area contributed by atoms with E-state index in [0.29, 0.717) is 11.4 Å². The van der Waals surface area contributed by atoms with Crippen molar-refractivity contribution in [3.63, 3.8) is 0 Å². The molecule has 0 aliphatic carbocycles. The van der Waals surface area contributed by atoms with E-state index >= 15 is 0 Å². The maximum Gasteiger partial charge on any atom is 0.244 e. The fourth-order valence-corrected chi connectivity index (χ4v) is 3.28. The Labute approximate surface area is 158 Å². The van der Waals surface area contributed by atoms with Gasteiger partial charge in [-0.15, -0.1) is 0 Å². The monoisotopic (exact) mass is 371 g/mol. The first kappa shape index (κ1) is 18.3. The Morgan fingerprint density at radius 3 is 2.81 bits per heavy atom. The molecule has 136 valence electrons. The standard InChI is InChI=1S/C21H22ClNO3/c1-21(2)13-18(16-12-15(25-3)9-10-19(16)26-21)23-20(24)11-8-14-6-4-5-7-17(14)22/h4-12,18H,13H2,1-3H3,(H,23,24)/b11-8+. The summed E-state index contributed by atoms with van der Waals surface area (Å²) < 4.78 is 11.3. The number of nitrogens with one attached hydrogen (secondary N) is 1. The number of methoxy groups -OCH3 is 1. The van der Waals surface area contributed by atoms with Crippen LogP contribution in [0.1, 0.15) is 37.4 Å². The number of benzene rings is 2. The molecule has 0 bridgehead atoms. The van der Waals surface area contributed by atoms with Crippen LogP contribution in [0.5, 0.6) is 11.5 Å². The highest BCUT2D eigenvalue weighted by Gasteiger charge is 2.34. The number of fused-ring (bicyclic) bond motifs is 1. The van der Waals surface area contributed by atoms with Gasteiger partial charge in [0.1, 0.15) is 17.1 Å². The van der Waals surface area contributed by atoms with E-state index in [1.54, 1.807) is 19.3 Å². The van der Waals surface area contributed by atoms with Crippen LogP contribution < -0.4 is 14.8 Å². The number of rotatable bonds is 4. The van der Waals surface area contributed by atoms with Gasteiger partial charge in [0.15, 0.2) is 0 Å². The molecule has 2 aromatic carbocycles. The molecule has 1 N–H and O–H groups in total. The van der Waals surface area contributed by atoms with Crippen LogP contribution in [-0.2, 0) is 4.79 Å². The molecule has 0 saturated carbocycles. The third kappa shape index (κ3) is 4.20. The van der Waals surface area contributed by atoms with Gasteiger partial charge >= 0.3 is 0 Å². The Kier molecular flexibility index (Phi) is 5.23. The highest BCUT2D eigenvalue weighted by Crippen LogP contribution is 2.41. The van der Waals surface area contributed by atoms with Crippen LogP contribution in [0, 0.1) is 0 Å². The maximum atomic E-state index is 12.5. The molecule has 1 atom stereocenters. The van der Waals surface area contributed by atoms with Crippen LogP contribution in [0.15, 0.2) is 48.5 Å². The first-order valence-corrected chi connectivity index (χ1v) is 8.86. The molecule has 1 amide bonds. The zero-order valence-corrected chi connectivity index (χ0v) is 15.8. The third-order valence-corrected chi connectivity index (χ3v) is 4.65. The van der Waals surface area contributed by atoms with E-state index in [1.807, 2.05) is 50.2 Å². The number of amides is 1. The summed E-state index contributed by atoms with van der Waals surface area (Å²) in [5.41, 5.74) is 1.35. The normalized spacial score (nSPS) is 18.1. The largest absolute Gasteiger partial charge is 0.497 e. The SMILES string of the molecule is COc1ccc2c(c1)C(NC(=O)/C=C/c1ccccc1Cl)CC(C)(C)O2. The Bertz CT molecular complexity index is 845. The molecule has 1 heterocycles. The fraction of sp³-hybridized carbons (Fsp3) is 0.286. The zero-order chi connectivity index (χ0) is 18.7. The lowest BCUT2D eigenvalue weighted by molar-refractivity contribution is -0.117. The Morgan fingerprint density at radius 2 is 2.08 bits per heavy atom. The summed E-state index contributed by atoms with van der Waals surface area (Å²) in [5.74, 6) is 1.32. The molecule has 0 radical (unpaired) electrons.